The fourth-order valence-corrected chi connectivity index (χ4v) is 5.28. The molecule has 0 aromatic carbocycles. The molecule has 0 heterocycles. The third-order valence-electron chi connectivity index (χ3n) is 8.21. The number of hydrogen-bond donors (Lipinski definition) is 0. The molecule has 16 heteroatoms. The first-order chi connectivity index (χ1) is 20.3. The van der Waals surface area contributed by atoms with E-state index >= 15 is 0 Å². The number of rotatable bonds is 19. The summed E-state index contributed by atoms with van der Waals surface area (Å²) >= 11 is 0. The third kappa shape index (κ3) is 8.49. The molecule has 0 aromatic heterocycles. The summed E-state index contributed by atoms with van der Waals surface area (Å²) in [6.45, 7) is 1.03. The molecule has 2 aliphatic rings. The Labute approximate surface area is 248 Å². The molecule has 0 saturated heterocycles. The molecule has 0 bridgehead atoms. The fraction of sp³-hybridized carbons (Fsp3) is 0.857. The van der Waals surface area contributed by atoms with Crippen molar-refractivity contribution < 1.29 is 71.6 Å². The van der Waals surface area contributed by atoms with Gasteiger partial charge in [-0.15, -0.1) is 0 Å². The van der Waals surface area contributed by atoms with Crippen LogP contribution < -0.4 is 0 Å². The van der Waals surface area contributed by atoms with Crippen molar-refractivity contribution in [3.8, 4) is 0 Å². The molecule has 0 aliphatic heterocycles. The fourth-order valence-electron chi connectivity index (χ4n) is 5.28. The van der Waals surface area contributed by atoms with Gasteiger partial charge in [-0.1, -0.05) is 13.2 Å². The lowest BCUT2D eigenvalue weighted by molar-refractivity contribution is -0.429. The Morgan fingerprint density at radius 2 is 0.682 bits per heavy atom. The van der Waals surface area contributed by atoms with Gasteiger partial charge in [0.2, 0.25) is 0 Å². The van der Waals surface area contributed by atoms with Crippen molar-refractivity contribution in [1.29, 1.82) is 0 Å². The van der Waals surface area contributed by atoms with E-state index in [1.807, 2.05) is 0 Å². The highest BCUT2D eigenvalue weighted by atomic mass is 19.4. The van der Waals surface area contributed by atoms with E-state index in [4.69, 9.17) is 9.47 Å². The quantitative estimate of drug-likeness (QED) is 0.102. The molecule has 2 fully saturated rings. The standard InChI is InChI=1S/C28H38F12O4/c1-3-41-13-19-5-9-21(10-6-19)15-43-17-23(29,30)25(33,34)27(37,38)28(39,40)26(35,36)24(31,32)18-44-16-22-11-7-20(8-12-22)14-42-4-2/h3-4,19-22H,1-2,5-18H2. The summed E-state index contributed by atoms with van der Waals surface area (Å²) in [6, 6.07) is 0. The molecule has 0 amide bonds. The minimum atomic E-state index is -7.63. The molecule has 2 saturated carbocycles. The molecule has 0 atom stereocenters. The van der Waals surface area contributed by atoms with Crippen LogP contribution in [0.4, 0.5) is 52.7 Å². The molecule has 2 aliphatic carbocycles. The lowest BCUT2D eigenvalue weighted by Gasteiger charge is -2.41. The first-order valence-corrected chi connectivity index (χ1v) is 14.1. The van der Waals surface area contributed by atoms with Crippen LogP contribution in [0.3, 0.4) is 0 Å². The van der Waals surface area contributed by atoms with E-state index < -0.39 is 73.8 Å². The molecule has 0 spiro atoms. The summed E-state index contributed by atoms with van der Waals surface area (Å²) in [5.74, 6) is -42.7. The highest BCUT2D eigenvalue weighted by molar-refractivity contribution is 5.11. The molecule has 258 valence electrons. The van der Waals surface area contributed by atoms with E-state index in [2.05, 4.69) is 22.6 Å². The van der Waals surface area contributed by atoms with Crippen LogP contribution in [0.25, 0.3) is 0 Å². The van der Waals surface area contributed by atoms with E-state index in [0.29, 0.717) is 64.6 Å². The summed E-state index contributed by atoms with van der Waals surface area (Å²) in [5.41, 5.74) is 0. The SMILES string of the molecule is C=COCC1CCC(COCC(F)(F)C(F)(F)C(F)(F)C(F)(F)C(F)(F)C(F)(F)COCC2CCC(COC=C)CC2)CC1. The second-order valence-electron chi connectivity index (χ2n) is 11.5. The first-order valence-electron chi connectivity index (χ1n) is 14.1. The normalized spacial score (nSPS) is 24.5. The Hall–Kier alpha value is -1.84. The monoisotopic (exact) mass is 666 g/mol. The molecule has 4 nitrogen and oxygen atoms in total. The average molecular weight is 667 g/mol. The second kappa shape index (κ2) is 15.2. The maximum absolute atomic E-state index is 14.2. The van der Waals surface area contributed by atoms with Crippen LogP contribution in [0.5, 0.6) is 0 Å². The second-order valence-corrected chi connectivity index (χ2v) is 11.5. The molecular weight excluding hydrogens is 628 g/mol. The van der Waals surface area contributed by atoms with Gasteiger partial charge in [0, 0.05) is 13.2 Å². The highest BCUT2D eigenvalue weighted by Crippen LogP contribution is 2.60. The van der Waals surface area contributed by atoms with E-state index in [0.717, 1.165) is 0 Å². The van der Waals surface area contributed by atoms with Gasteiger partial charge >= 0.3 is 35.5 Å². The largest absolute Gasteiger partial charge is 0.502 e. The van der Waals surface area contributed by atoms with E-state index in [1.54, 1.807) is 0 Å². The van der Waals surface area contributed by atoms with E-state index in [-0.39, 0.29) is 11.8 Å². The smallest absolute Gasteiger partial charge is 0.384 e. The van der Waals surface area contributed by atoms with Crippen LogP contribution in [0, 0.1) is 23.7 Å². The predicted octanol–water partition coefficient (Wildman–Crippen LogP) is 8.76. The molecule has 2 rings (SSSR count). The maximum atomic E-state index is 14.2. The Morgan fingerprint density at radius 1 is 0.432 bits per heavy atom. The number of alkyl halides is 12. The minimum Gasteiger partial charge on any atom is -0.502 e. The Morgan fingerprint density at radius 3 is 0.932 bits per heavy atom. The average Bonchev–Trinajstić information content (AvgIpc) is 2.95. The van der Waals surface area contributed by atoms with Crippen LogP contribution in [0.2, 0.25) is 0 Å². The molecule has 0 aromatic rings. The summed E-state index contributed by atoms with van der Waals surface area (Å²) in [4.78, 5) is 0. The first kappa shape index (κ1) is 38.3. The third-order valence-corrected chi connectivity index (χ3v) is 8.21. The molecule has 0 N–H and O–H groups in total. The van der Waals surface area contributed by atoms with Gasteiger partial charge < -0.3 is 18.9 Å². The van der Waals surface area contributed by atoms with Crippen LogP contribution in [-0.2, 0) is 18.9 Å². The van der Waals surface area contributed by atoms with Crippen molar-refractivity contribution in [2.24, 2.45) is 23.7 Å². The van der Waals surface area contributed by atoms with Crippen LogP contribution in [-0.4, -0.2) is 75.2 Å². The van der Waals surface area contributed by atoms with Crippen molar-refractivity contribution >= 4 is 0 Å². The van der Waals surface area contributed by atoms with Gasteiger partial charge in [-0.2, -0.15) is 52.7 Å². The maximum Gasteiger partial charge on any atom is 0.384 e. The van der Waals surface area contributed by atoms with Gasteiger partial charge in [-0.25, -0.2) is 0 Å². The van der Waals surface area contributed by atoms with Crippen molar-refractivity contribution in [1.82, 2.24) is 0 Å². The van der Waals surface area contributed by atoms with Gasteiger partial charge in [0.25, 0.3) is 0 Å². The van der Waals surface area contributed by atoms with Gasteiger partial charge in [-0.3, -0.25) is 0 Å². The van der Waals surface area contributed by atoms with E-state index in [9.17, 15) is 52.7 Å². The number of hydrogen-bond acceptors (Lipinski definition) is 4. The van der Waals surface area contributed by atoms with Crippen molar-refractivity contribution in [2.45, 2.75) is 86.9 Å². The molecular formula is C28H38F12O4. The van der Waals surface area contributed by atoms with Crippen LogP contribution in [0.15, 0.2) is 25.7 Å². The zero-order valence-electron chi connectivity index (χ0n) is 23.9. The van der Waals surface area contributed by atoms with Gasteiger partial charge in [-0.05, 0) is 75.0 Å². The Balaban J connectivity index is 1.98. The Kier molecular flexibility index (Phi) is 13.2. The molecule has 0 unspecified atom stereocenters. The van der Waals surface area contributed by atoms with Gasteiger partial charge in [0.05, 0.1) is 25.7 Å². The van der Waals surface area contributed by atoms with Crippen LogP contribution in [0.1, 0.15) is 51.4 Å². The number of halogens is 12. The Bertz CT molecular complexity index is 827. The zero-order chi connectivity index (χ0) is 33.5. The van der Waals surface area contributed by atoms with E-state index in [1.165, 1.54) is 12.5 Å². The lowest BCUT2D eigenvalue weighted by atomic mass is 9.83. The zero-order valence-corrected chi connectivity index (χ0v) is 23.9. The molecule has 0 radical (unpaired) electrons. The summed E-state index contributed by atoms with van der Waals surface area (Å²) in [6.07, 6.45) is 5.97. The molecule has 44 heavy (non-hydrogen) atoms. The van der Waals surface area contributed by atoms with Crippen molar-refractivity contribution in [3.05, 3.63) is 25.7 Å². The summed E-state index contributed by atoms with van der Waals surface area (Å²) in [5, 5.41) is 0. The van der Waals surface area contributed by atoms with Gasteiger partial charge in [0.1, 0.15) is 13.2 Å². The number of ether oxygens (including phenoxy) is 4. The van der Waals surface area contributed by atoms with Crippen LogP contribution >= 0.6 is 0 Å². The van der Waals surface area contributed by atoms with Crippen molar-refractivity contribution in [2.75, 3.05) is 39.6 Å². The highest BCUT2D eigenvalue weighted by Gasteiger charge is 2.90. The topological polar surface area (TPSA) is 36.9 Å². The summed E-state index contributed by atoms with van der Waals surface area (Å²) in [7, 11) is 0. The predicted molar refractivity (Wildman–Crippen MR) is 135 cm³/mol. The summed E-state index contributed by atoms with van der Waals surface area (Å²) < 4.78 is 190. The minimum absolute atomic E-state index is 0.0872. The lowest BCUT2D eigenvalue weighted by Crippen LogP contribution is -2.71. The van der Waals surface area contributed by atoms with Crippen molar-refractivity contribution in [3.63, 3.8) is 0 Å². The van der Waals surface area contributed by atoms with Gasteiger partial charge in [0.15, 0.2) is 0 Å².